The molecule has 3 nitrogen and oxygen atoms in total. The van der Waals surface area contributed by atoms with Crippen LogP contribution in [0.5, 0.6) is 0 Å². The first kappa shape index (κ1) is 17.3. The summed E-state index contributed by atoms with van der Waals surface area (Å²) in [4.78, 5) is 16.1. The third kappa shape index (κ3) is 4.11. The highest BCUT2D eigenvalue weighted by Gasteiger charge is 2.18. The molecule has 0 saturated carbocycles. The molecule has 0 saturated heterocycles. The Bertz CT molecular complexity index is 820. The summed E-state index contributed by atoms with van der Waals surface area (Å²) in [6.45, 7) is 2.94. The molecule has 0 radical (unpaired) electrons. The summed E-state index contributed by atoms with van der Waals surface area (Å²) in [6, 6.07) is 18.2. The van der Waals surface area contributed by atoms with Crippen LogP contribution in [0.2, 0.25) is 0 Å². The van der Waals surface area contributed by atoms with Crippen molar-refractivity contribution in [3.8, 4) is 11.1 Å². The van der Waals surface area contributed by atoms with E-state index in [4.69, 9.17) is 0 Å². The van der Waals surface area contributed by atoms with Crippen molar-refractivity contribution in [2.45, 2.75) is 39.0 Å². The Morgan fingerprint density at radius 3 is 2.44 bits per heavy atom. The molecule has 0 spiro atoms. The van der Waals surface area contributed by atoms with Gasteiger partial charge in [-0.3, -0.25) is 4.79 Å². The van der Waals surface area contributed by atoms with Crippen LogP contribution < -0.4 is 5.32 Å². The number of unbranched alkanes of at least 4 members (excludes halogenated alkanes) is 4. The molecule has 1 heterocycles. The Balaban J connectivity index is 1.80. The predicted octanol–water partition coefficient (Wildman–Crippen LogP) is 5.54. The third-order valence-corrected chi connectivity index (χ3v) is 4.56. The van der Waals surface area contributed by atoms with Crippen LogP contribution in [0.3, 0.4) is 0 Å². The van der Waals surface area contributed by atoms with E-state index in [1.165, 1.54) is 25.7 Å². The summed E-state index contributed by atoms with van der Waals surface area (Å²) < 4.78 is 0. The zero-order valence-electron chi connectivity index (χ0n) is 14.8. The largest absolute Gasteiger partial charge is 0.351 e. The van der Waals surface area contributed by atoms with Gasteiger partial charge in [0.15, 0.2) is 0 Å². The van der Waals surface area contributed by atoms with E-state index >= 15 is 0 Å². The van der Waals surface area contributed by atoms with E-state index in [-0.39, 0.29) is 5.91 Å². The molecule has 1 amide bonds. The number of aromatic amines is 1. The average molecular weight is 334 g/mol. The Labute approximate surface area is 149 Å². The van der Waals surface area contributed by atoms with Crippen molar-refractivity contribution in [2.75, 3.05) is 6.54 Å². The van der Waals surface area contributed by atoms with Crippen molar-refractivity contribution in [1.29, 1.82) is 0 Å². The molecule has 0 unspecified atom stereocenters. The van der Waals surface area contributed by atoms with E-state index in [0.29, 0.717) is 5.69 Å². The number of H-pyrrole nitrogens is 1. The number of carbonyl (C=O) groups is 1. The fourth-order valence-corrected chi connectivity index (χ4v) is 3.24. The number of hydrogen-bond acceptors (Lipinski definition) is 1. The minimum Gasteiger partial charge on any atom is -0.351 e. The second-order valence-electron chi connectivity index (χ2n) is 6.46. The zero-order chi connectivity index (χ0) is 17.5. The molecule has 0 fully saturated rings. The molecule has 0 aliphatic heterocycles. The number of nitrogens with one attached hydrogen (secondary N) is 2. The summed E-state index contributed by atoms with van der Waals surface area (Å²) in [5, 5.41) is 4.16. The Morgan fingerprint density at radius 1 is 0.920 bits per heavy atom. The maximum absolute atomic E-state index is 12.8. The zero-order valence-corrected chi connectivity index (χ0v) is 14.8. The molecule has 25 heavy (non-hydrogen) atoms. The highest BCUT2D eigenvalue weighted by Crippen LogP contribution is 2.32. The summed E-state index contributed by atoms with van der Waals surface area (Å²) in [5.41, 5.74) is 3.70. The number of fused-ring (bicyclic) bond motifs is 1. The standard InChI is InChI=1S/C22H26N2O/c1-2-3-4-5-11-16-23-22(25)21-20(17-12-7-6-8-13-17)18-14-9-10-15-19(18)24-21/h6-10,12-15,24H,2-5,11,16H2,1H3,(H,23,25). The van der Waals surface area contributed by atoms with Gasteiger partial charge in [0.2, 0.25) is 0 Å². The van der Waals surface area contributed by atoms with Gasteiger partial charge in [0.1, 0.15) is 5.69 Å². The van der Waals surface area contributed by atoms with Crippen LogP contribution in [0.4, 0.5) is 0 Å². The SMILES string of the molecule is CCCCCCCNC(=O)c1[nH]c2ccccc2c1-c1ccccc1. The average Bonchev–Trinajstić information content (AvgIpc) is 3.05. The minimum absolute atomic E-state index is 0.0226. The molecular formula is C22H26N2O. The molecule has 3 rings (SSSR count). The quantitative estimate of drug-likeness (QED) is 0.522. The summed E-state index contributed by atoms with van der Waals surface area (Å²) in [6.07, 6.45) is 5.96. The van der Waals surface area contributed by atoms with Gasteiger partial charge in [0.05, 0.1) is 0 Å². The lowest BCUT2D eigenvalue weighted by atomic mass is 10.0. The van der Waals surface area contributed by atoms with Gasteiger partial charge in [0.25, 0.3) is 5.91 Å². The minimum atomic E-state index is -0.0226. The lowest BCUT2D eigenvalue weighted by molar-refractivity contribution is 0.0949. The van der Waals surface area contributed by atoms with Crippen LogP contribution >= 0.6 is 0 Å². The van der Waals surface area contributed by atoms with Crippen LogP contribution in [0, 0.1) is 0 Å². The highest BCUT2D eigenvalue weighted by atomic mass is 16.1. The van der Waals surface area contributed by atoms with Crippen LogP contribution in [0.1, 0.15) is 49.5 Å². The fourth-order valence-electron chi connectivity index (χ4n) is 3.24. The van der Waals surface area contributed by atoms with Crippen molar-refractivity contribution in [3.05, 3.63) is 60.3 Å². The molecule has 0 aliphatic carbocycles. The molecular weight excluding hydrogens is 308 g/mol. The predicted molar refractivity (Wildman–Crippen MR) is 105 cm³/mol. The monoisotopic (exact) mass is 334 g/mol. The summed E-state index contributed by atoms with van der Waals surface area (Å²) in [5.74, 6) is -0.0226. The number of carbonyl (C=O) groups excluding carboxylic acids is 1. The number of hydrogen-bond donors (Lipinski definition) is 2. The molecule has 2 aromatic carbocycles. The van der Waals surface area contributed by atoms with Crippen LogP contribution in [0.25, 0.3) is 22.0 Å². The van der Waals surface area contributed by atoms with Gasteiger partial charge >= 0.3 is 0 Å². The molecule has 0 aliphatic rings. The van der Waals surface area contributed by atoms with Crippen molar-refractivity contribution in [1.82, 2.24) is 10.3 Å². The lowest BCUT2D eigenvalue weighted by Gasteiger charge is -2.07. The number of aromatic nitrogens is 1. The van der Waals surface area contributed by atoms with Crippen molar-refractivity contribution >= 4 is 16.8 Å². The first-order valence-corrected chi connectivity index (χ1v) is 9.25. The first-order chi connectivity index (χ1) is 12.3. The van der Waals surface area contributed by atoms with Gasteiger partial charge in [-0.2, -0.15) is 0 Å². The van der Waals surface area contributed by atoms with E-state index in [1.54, 1.807) is 0 Å². The third-order valence-electron chi connectivity index (χ3n) is 4.56. The highest BCUT2D eigenvalue weighted by molar-refractivity contribution is 6.09. The molecule has 1 aromatic heterocycles. The summed E-state index contributed by atoms with van der Waals surface area (Å²) >= 11 is 0. The molecule has 130 valence electrons. The van der Waals surface area contributed by atoms with Gasteiger partial charge in [-0.1, -0.05) is 81.1 Å². The molecule has 0 atom stereocenters. The van der Waals surface area contributed by atoms with E-state index < -0.39 is 0 Å². The Kier molecular flexibility index (Phi) is 5.89. The molecule has 0 bridgehead atoms. The number of benzene rings is 2. The van der Waals surface area contributed by atoms with E-state index in [0.717, 1.165) is 35.0 Å². The smallest absolute Gasteiger partial charge is 0.268 e. The van der Waals surface area contributed by atoms with Crippen molar-refractivity contribution < 1.29 is 4.79 Å². The maximum atomic E-state index is 12.8. The van der Waals surface area contributed by atoms with E-state index in [9.17, 15) is 4.79 Å². The van der Waals surface area contributed by atoms with Gasteiger partial charge in [-0.25, -0.2) is 0 Å². The molecule has 3 heteroatoms. The van der Waals surface area contributed by atoms with Crippen LogP contribution in [-0.4, -0.2) is 17.4 Å². The fraction of sp³-hybridized carbons (Fsp3) is 0.318. The number of para-hydroxylation sites is 1. The van der Waals surface area contributed by atoms with Crippen molar-refractivity contribution in [2.24, 2.45) is 0 Å². The molecule has 3 aromatic rings. The van der Waals surface area contributed by atoms with Crippen LogP contribution in [0.15, 0.2) is 54.6 Å². The second-order valence-corrected chi connectivity index (χ2v) is 6.46. The van der Waals surface area contributed by atoms with Gasteiger partial charge < -0.3 is 10.3 Å². The van der Waals surface area contributed by atoms with Gasteiger partial charge in [0, 0.05) is 23.0 Å². The lowest BCUT2D eigenvalue weighted by Crippen LogP contribution is -2.25. The van der Waals surface area contributed by atoms with Gasteiger partial charge in [-0.05, 0) is 18.1 Å². The van der Waals surface area contributed by atoms with Gasteiger partial charge in [-0.15, -0.1) is 0 Å². The Hall–Kier alpha value is -2.55. The normalized spacial score (nSPS) is 10.9. The Morgan fingerprint density at radius 2 is 1.64 bits per heavy atom. The first-order valence-electron chi connectivity index (χ1n) is 9.25. The maximum Gasteiger partial charge on any atom is 0.268 e. The number of amides is 1. The van der Waals surface area contributed by atoms with E-state index in [1.807, 2.05) is 36.4 Å². The van der Waals surface area contributed by atoms with E-state index in [2.05, 4.69) is 35.4 Å². The second kappa shape index (κ2) is 8.52. The number of rotatable bonds is 8. The van der Waals surface area contributed by atoms with Crippen LogP contribution in [-0.2, 0) is 0 Å². The molecule has 2 N–H and O–H groups in total. The summed E-state index contributed by atoms with van der Waals surface area (Å²) in [7, 11) is 0. The van der Waals surface area contributed by atoms with Crippen molar-refractivity contribution in [3.63, 3.8) is 0 Å². The topological polar surface area (TPSA) is 44.9 Å².